The lowest BCUT2D eigenvalue weighted by atomic mass is 9.79. The third-order valence-corrected chi connectivity index (χ3v) is 3.45. The van der Waals surface area contributed by atoms with Gasteiger partial charge in [0.05, 0.1) is 4.92 Å². The zero-order valence-electron chi connectivity index (χ0n) is 10.2. The second-order valence-corrected chi connectivity index (χ2v) is 4.63. The summed E-state index contributed by atoms with van der Waals surface area (Å²) in [4.78, 5) is 32.5. The Morgan fingerprint density at radius 3 is 2.79 bits per heavy atom. The van der Waals surface area contributed by atoms with Gasteiger partial charge in [-0.1, -0.05) is 12.1 Å². The van der Waals surface area contributed by atoms with E-state index in [0.717, 1.165) is 18.4 Å². The highest BCUT2D eigenvalue weighted by molar-refractivity contribution is 6.32. The molecule has 0 aliphatic heterocycles. The second kappa shape index (κ2) is 5.17. The first kappa shape index (κ1) is 13.2. The van der Waals surface area contributed by atoms with E-state index in [1.165, 1.54) is 6.07 Å². The second-order valence-electron chi connectivity index (χ2n) is 4.63. The van der Waals surface area contributed by atoms with Gasteiger partial charge in [0.15, 0.2) is 0 Å². The Labute approximate surface area is 109 Å². The topological polar surface area (TPSA) is 97.5 Å². The van der Waals surface area contributed by atoms with Crippen LogP contribution in [0, 0.1) is 10.1 Å². The van der Waals surface area contributed by atoms with Crippen LogP contribution in [-0.4, -0.2) is 21.8 Å². The van der Waals surface area contributed by atoms with E-state index in [0.29, 0.717) is 12.0 Å². The molecule has 1 aliphatic carbocycles. The third-order valence-electron chi connectivity index (χ3n) is 3.45. The van der Waals surface area contributed by atoms with E-state index in [4.69, 9.17) is 5.11 Å². The van der Waals surface area contributed by atoms with Crippen molar-refractivity contribution in [2.24, 2.45) is 0 Å². The Bertz CT molecular complexity index is 552. The smallest absolute Gasteiger partial charge is 0.372 e. The quantitative estimate of drug-likeness (QED) is 0.509. The van der Waals surface area contributed by atoms with Crippen molar-refractivity contribution >= 4 is 17.4 Å². The molecule has 1 N–H and O–H groups in total. The molecule has 0 heterocycles. The van der Waals surface area contributed by atoms with E-state index >= 15 is 0 Å². The normalized spacial score (nSPS) is 17.6. The SMILES string of the molecule is O=C(O)C(=O)CC1CCCc2cccc([N+](=O)[O-])c21. The summed E-state index contributed by atoms with van der Waals surface area (Å²) in [7, 11) is 0. The monoisotopic (exact) mass is 263 g/mol. The van der Waals surface area contributed by atoms with Crippen LogP contribution in [0.25, 0.3) is 0 Å². The van der Waals surface area contributed by atoms with Crippen LogP contribution in [0.4, 0.5) is 5.69 Å². The number of carboxylic acids is 1. The predicted octanol–water partition coefficient (Wildman–Crippen LogP) is 2.06. The highest BCUT2D eigenvalue weighted by Gasteiger charge is 2.31. The average Bonchev–Trinajstić information content (AvgIpc) is 2.38. The lowest BCUT2D eigenvalue weighted by molar-refractivity contribution is -0.385. The maximum absolute atomic E-state index is 11.3. The number of nitrogens with zero attached hydrogens (tertiary/aromatic N) is 1. The van der Waals surface area contributed by atoms with Crippen LogP contribution in [0.1, 0.15) is 36.3 Å². The summed E-state index contributed by atoms with van der Waals surface area (Å²) in [6.45, 7) is 0. The van der Waals surface area contributed by atoms with E-state index in [2.05, 4.69) is 0 Å². The van der Waals surface area contributed by atoms with Crippen molar-refractivity contribution < 1.29 is 19.6 Å². The van der Waals surface area contributed by atoms with Crippen molar-refractivity contribution in [2.75, 3.05) is 0 Å². The molecule has 1 aliphatic rings. The van der Waals surface area contributed by atoms with Gasteiger partial charge in [-0.3, -0.25) is 14.9 Å². The van der Waals surface area contributed by atoms with Gasteiger partial charge >= 0.3 is 5.97 Å². The third kappa shape index (κ3) is 2.62. The van der Waals surface area contributed by atoms with Crippen molar-refractivity contribution in [1.82, 2.24) is 0 Å². The fourth-order valence-corrected chi connectivity index (χ4v) is 2.65. The minimum atomic E-state index is -1.48. The molecule has 0 saturated heterocycles. The molecule has 19 heavy (non-hydrogen) atoms. The fraction of sp³-hybridized carbons (Fsp3) is 0.385. The van der Waals surface area contributed by atoms with Gasteiger partial charge in [0.1, 0.15) is 0 Å². The first-order chi connectivity index (χ1) is 9.00. The number of fused-ring (bicyclic) bond motifs is 1. The number of hydrogen-bond donors (Lipinski definition) is 1. The van der Waals surface area contributed by atoms with Crippen LogP contribution >= 0.6 is 0 Å². The molecule has 100 valence electrons. The highest BCUT2D eigenvalue weighted by atomic mass is 16.6. The summed E-state index contributed by atoms with van der Waals surface area (Å²) in [5.41, 5.74) is 1.37. The van der Waals surface area contributed by atoms with Gasteiger partial charge in [-0.15, -0.1) is 0 Å². The average molecular weight is 263 g/mol. The predicted molar refractivity (Wildman–Crippen MR) is 66.0 cm³/mol. The van der Waals surface area contributed by atoms with Gasteiger partial charge in [-0.05, 0) is 30.7 Å². The molecule has 1 atom stereocenters. The number of Topliss-reactive ketones (excluding diaryl/α,β-unsaturated/α-hetero) is 1. The molecule has 1 aromatic carbocycles. The Kier molecular flexibility index (Phi) is 3.59. The summed E-state index contributed by atoms with van der Waals surface area (Å²) < 4.78 is 0. The van der Waals surface area contributed by atoms with Crippen LogP contribution in [0.2, 0.25) is 0 Å². The Morgan fingerprint density at radius 2 is 2.16 bits per heavy atom. The molecule has 1 unspecified atom stereocenters. The summed E-state index contributed by atoms with van der Waals surface area (Å²) in [6.07, 6.45) is 1.98. The molecular weight excluding hydrogens is 250 g/mol. The van der Waals surface area contributed by atoms with E-state index in [9.17, 15) is 19.7 Å². The zero-order valence-corrected chi connectivity index (χ0v) is 10.2. The molecule has 2 rings (SSSR count). The first-order valence-electron chi connectivity index (χ1n) is 6.03. The van der Waals surface area contributed by atoms with Crippen LogP contribution in [0.15, 0.2) is 18.2 Å². The molecule has 0 radical (unpaired) electrons. The largest absolute Gasteiger partial charge is 0.476 e. The Morgan fingerprint density at radius 1 is 1.42 bits per heavy atom. The van der Waals surface area contributed by atoms with Gasteiger partial charge in [0, 0.05) is 18.1 Å². The number of carboxylic acid groups (broad SMARTS) is 1. The fourth-order valence-electron chi connectivity index (χ4n) is 2.65. The van der Waals surface area contributed by atoms with E-state index in [-0.39, 0.29) is 18.0 Å². The minimum absolute atomic E-state index is 0.0135. The summed E-state index contributed by atoms with van der Waals surface area (Å²) >= 11 is 0. The van der Waals surface area contributed by atoms with Crippen molar-refractivity contribution in [1.29, 1.82) is 0 Å². The van der Waals surface area contributed by atoms with E-state index < -0.39 is 16.7 Å². The standard InChI is InChI=1S/C13H13NO5/c15-11(13(16)17)7-9-5-1-3-8-4-2-6-10(12(8)9)14(18)19/h2,4,6,9H,1,3,5,7H2,(H,16,17). The number of carbonyl (C=O) groups excluding carboxylic acids is 1. The van der Waals surface area contributed by atoms with Gasteiger partial charge in [0.2, 0.25) is 5.78 Å². The number of nitro benzene ring substituents is 1. The molecule has 6 heteroatoms. The van der Waals surface area contributed by atoms with E-state index in [1.54, 1.807) is 12.1 Å². The molecule has 0 bridgehead atoms. The molecule has 0 aromatic heterocycles. The molecular formula is C13H13NO5. The maximum Gasteiger partial charge on any atom is 0.372 e. The van der Waals surface area contributed by atoms with Gasteiger partial charge in [-0.2, -0.15) is 0 Å². The number of nitro groups is 1. The number of rotatable bonds is 4. The van der Waals surface area contributed by atoms with Crippen molar-refractivity contribution in [3.8, 4) is 0 Å². The number of aliphatic carboxylic acids is 1. The lowest BCUT2D eigenvalue weighted by Crippen LogP contribution is -2.20. The molecule has 0 fully saturated rings. The molecule has 0 saturated carbocycles. The number of hydrogen-bond acceptors (Lipinski definition) is 4. The molecule has 1 aromatic rings. The van der Waals surface area contributed by atoms with E-state index in [1.807, 2.05) is 0 Å². The maximum atomic E-state index is 11.3. The van der Waals surface area contributed by atoms with Crippen molar-refractivity contribution in [2.45, 2.75) is 31.6 Å². The van der Waals surface area contributed by atoms with Crippen LogP contribution in [0.3, 0.4) is 0 Å². The van der Waals surface area contributed by atoms with Crippen LogP contribution < -0.4 is 0 Å². The number of carbonyl (C=O) groups is 2. The zero-order chi connectivity index (χ0) is 14.0. The number of benzene rings is 1. The van der Waals surface area contributed by atoms with Crippen molar-refractivity contribution in [3.05, 3.63) is 39.4 Å². The first-order valence-corrected chi connectivity index (χ1v) is 6.03. The summed E-state index contributed by atoms with van der Waals surface area (Å²) in [6, 6.07) is 4.83. The molecule has 0 spiro atoms. The highest BCUT2D eigenvalue weighted by Crippen LogP contribution is 2.39. The van der Waals surface area contributed by atoms with Crippen molar-refractivity contribution in [3.63, 3.8) is 0 Å². The van der Waals surface area contributed by atoms with Gasteiger partial charge in [0.25, 0.3) is 5.69 Å². The van der Waals surface area contributed by atoms with Crippen LogP contribution in [-0.2, 0) is 16.0 Å². The van der Waals surface area contributed by atoms with Gasteiger partial charge < -0.3 is 5.11 Å². The molecule has 0 amide bonds. The number of ketones is 1. The molecule has 6 nitrogen and oxygen atoms in total. The summed E-state index contributed by atoms with van der Waals surface area (Å²) in [5.74, 6) is -2.74. The minimum Gasteiger partial charge on any atom is -0.476 e. The Balaban J connectivity index is 2.39. The van der Waals surface area contributed by atoms with Gasteiger partial charge in [-0.25, -0.2) is 4.79 Å². The number of aryl methyl sites for hydroxylation is 1. The van der Waals surface area contributed by atoms with Crippen LogP contribution in [0.5, 0.6) is 0 Å². The lowest BCUT2D eigenvalue weighted by Gasteiger charge is -2.24. The summed E-state index contributed by atoms with van der Waals surface area (Å²) in [5, 5.41) is 19.7. The Hall–Kier alpha value is -2.24.